The van der Waals surface area contributed by atoms with Gasteiger partial charge in [-0.3, -0.25) is 4.79 Å². The molecule has 1 atom stereocenters. The summed E-state index contributed by atoms with van der Waals surface area (Å²) in [5, 5.41) is 5.89. The van der Waals surface area contributed by atoms with Crippen molar-refractivity contribution in [1.82, 2.24) is 5.32 Å². The summed E-state index contributed by atoms with van der Waals surface area (Å²) in [4.78, 5) is 11.7. The fourth-order valence-electron chi connectivity index (χ4n) is 2.50. The molecule has 0 bridgehead atoms. The molecule has 1 amide bonds. The van der Waals surface area contributed by atoms with Crippen LogP contribution >= 0.6 is 0 Å². The Hall–Kier alpha value is -2.49. The average molecular weight is 282 g/mol. The Morgan fingerprint density at radius 2 is 2.10 bits per heavy atom. The lowest BCUT2D eigenvalue weighted by atomic mass is 10.1. The van der Waals surface area contributed by atoms with Crippen molar-refractivity contribution in [2.24, 2.45) is 0 Å². The molecule has 2 aromatic carbocycles. The molecule has 1 aliphatic heterocycles. The smallest absolute Gasteiger partial charge is 0.242 e. The van der Waals surface area contributed by atoms with Crippen LogP contribution in [0, 0.1) is 0 Å². The number of carbonyl (C=O) groups excluding carboxylic acids is 1. The van der Waals surface area contributed by atoms with Gasteiger partial charge >= 0.3 is 0 Å². The number of likely N-dealkylation sites (N-methyl/N-ethyl adjacent to an activating group) is 1. The first-order valence-corrected chi connectivity index (χ1v) is 7.04. The first-order valence-electron chi connectivity index (χ1n) is 7.04. The molecule has 1 unspecified atom stereocenters. The van der Waals surface area contributed by atoms with Gasteiger partial charge in [0.05, 0.1) is 0 Å². The molecule has 0 saturated carbocycles. The number of amides is 1. The number of fused-ring (bicyclic) bond motifs is 1. The maximum Gasteiger partial charge on any atom is 0.242 e. The van der Waals surface area contributed by atoms with Crippen LogP contribution in [0.2, 0.25) is 0 Å². The first-order chi connectivity index (χ1) is 10.3. The molecule has 0 radical (unpaired) electrons. The van der Waals surface area contributed by atoms with E-state index in [-0.39, 0.29) is 11.9 Å². The molecule has 1 aliphatic rings. The number of benzene rings is 2. The predicted molar refractivity (Wildman–Crippen MR) is 82.4 cm³/mol. The van der Waals surface area contributed by atoms with Crippen LogP contribution in [0.25, 0.3) is 0 Å². The quantitative estimate of drug-likeness (QED) is 0.905. The molecule has 4 heteroatoms. The third kappa shape index (κ3) is 2.99. The van der Waals surface area contributed by atoms with E-state index in [1.165, 1.54) is 0 Å². The van der Waals surface area contributed by atoms with E-state index in [0.29, 0.717) is 13.0 Å². The Balaban J connectivity index is 1.67. The predicted octanol–water partition coefficient (Wildman–Crippen LogP) is 2.35. The Kier molecular flexibility index (Phi) is 3.77. The summed E-state index contributed by atoms with van der Waals surface area (Å²) < 4.78 is 5.81. The average Bonchev–Trinajstić information content (AvgIpc) is 2.96. The lowest BCUT2D eigenvalue weighted by molar-refractivity contribution is -0.121. The summed E-state index contributed by atoms with van der Waals surface area (Å²) >= 11 is 0. The highest BCUT2D eigenvalue weighted by molar-refractivity contribution is 5.87. The minimum absolute atomic E-state index is 0.0120. The van der Waals surface area contributed by atoms with Gasteiger partial charge in [0.1, 0.15) is 18.4 Å². The van der Waals surface area contributed by atoms with Crippen LogP contribution in [0.15, 0.2) is 48.5 Å². The molecule has 2 aromatic rings. The first kappa shape index (κ1) is 13.5. The molecular weight excluding hydrogens is 264 g/mol. The highest BCUT2D eigenvalue weighted by atomic mass is 16.5. The van der Waals surface area contributed by atoms with E-state index < -0.39 is 0 Å². The van der Waals surface area contributed by atoms with Gasteiger partial charge < -0.3 is 15.4 Å². The van der Waals surface area contributed by atoms with Gasteiger partial charge in [0.2, 0.25) is 5.91 Å². The monoisotopic (exact) mass is 282 g/mol. The summed E-state index contributed by atoms with van der Waals surface area (Å²) in [6.07, 6.45) is 0.692. The second kappa shape index (κ2) is 5.87. The summed E-state index contributed by atoms with van der Waals surface area (Å²) in [6.45, 7) is 0.548. The number of hydrogen-bond acceptors (Lipinski definition) is 3. The van der Waals surface area contributed by atoms with Crippen molar-refractivity contribution in [2.45, 2.75) is 19.1 Å². The molecule has 3 rings (SSSR count). The van der Waals surface area contributed by atoms with Gasteiger partial charge in [-0.1, -0.05) is 30.3 Å². The zero-order chi connectivity index (χ0) is 14.7. The second-order valence-electron chi connectivity index (χ2n) is 5.11. The van der Waals surface area contributed by atoms with Gasteiger partial charge in [-0.15, -0.1) is 0 Å². The minimum atomic E-state index is -0.186. The van der Waals surface area contributed by atoms with E-state index in [1.807, 2.05) is 48.5 Å². The Morgan fingerprint density at radius 1 is 1.29 bits per heavy atom. The standard InChI is InChI=1S/C17H18N2O2/c1-18-17(20)16-10-13-9-14(7-8-15(13)19-16)21-11-12-5-3-2-4-6-12/h2-9,16,19H,10-11H2,1H3,(H,18,20). The molecule has 0 saturated heterocycles. The van der Waals surface area contributed by atoms with Crippen LogP contribution in [0.5, 0.6) is 5.75 Å². The molecule has 1 heterocycles. The zero-order valence-electron chi connectivity index (χ0n) is 11.9. The topological polar surface area (TPSA) is 50.4 Å². The second-order valence-corrected chi connectivity index (χ2v) is 5.11. The van der Waals surface area contributed by atoms with Gasteiger partial charge in [-0.2, -0.15) is 0 Å². The minimum Gasteiger partial charge on any atom is -0.489 e. The lowest BCUT2D eigenvalue weighted by Crippen LogP contribution is -2.36. The molecule has 0 aliphatic carbocycles. The number of hydrogen-bond donors (Lipinski definition) is 2. The number of nitrogens with one attached hydrogen (secondary N) is 2. The fourth-order valence-corrected chi connectivity index (χ4v) is 2.50. The molecule has 21 heavy (non-hydrogen) atoms. The summed E-state index contributed by atoms with van der Waals surface area (Å²) in [7, 11) is 1.65. The van der Waals surface area contributed by atoms with E-state index in [2.05, 4.69) is 10.6 Å². The number of rotatable bonds is 4. The van der Waals surface area contributed by atoms with Crippen molar-refractivity contribution in [3.63, 3.8) is 0 Å². The highest BCUT2D eigenvalue weighted by Crippen LogP contribution is 2.29. The number of carbonyl (C=O) groups is 1. The molecule has 2 N–H and O–H groups in total. The molecule has 0 aromatic heterocycles. The molecule has 0 fully saturated rings. The Labute approximate surface area is 124 Å². The van der Waals surface area contributed by atoms with Gasteiger partial charge in [0.25, 0.3) is 0 Å². The van der Waals surface area contributed by atoms with Crippen molar-refractivity contribution in [3.8, 4) is 5.75 Å². The van der Waals surface area contributed by atoms with Crippen molar-refractivity contribution in [2.75, 3.05) is 12.4 Å². The molecule has 4 nitrogen and oxygen atoms in total. The van der Waals surface area contributed by atoms with Crippen molar-refractivity contribution in [3.05, 3.63) is 59.7 Å². The largest absolute Gasteiger partial charge is 0.489 e. The summed E-state index contributed by atoms with van der Waals surface area (Å²) in [6, 6.07) is 15.8. The van der Waals surface area contributed by atoms with Gasteiger partial charge in [0.15, 0.2) is 0 Å². The van der Waals surface area contributed by atoms with E-state index in [9.17, 15) is 4.79 Å². The summed E-state index contributed by atoms with van der Waals surface area (Å²) in [5.41, 5.74) is 3.27. The highest BCUT2D eigenvalue weighted by Gasteiger charge is 2.26. The maximum absolute atomic E-state index is 11.7. The van der Waals surface area contributed by atoms with Crippen LogP contribution in [0.1, 0.15) is 11.1 Å². The zero-order valence-corrected chi connectivity index (χ0v) is 11.9. The normalized spacial score (nSPS) is 16.0. The van der Waals surface area contributed by atoms with Crippen LogP contribution < -0.4 is 15.4 Å². The van der Waals surface area contributed by atoms with Gasteiger partial charge in [0, 0.05) is 19.2 Å². The maximum atomic E-state index is 11.7. The van der Waals surface area contributed by atoms with Crippen molar-refractivity contribution < 1.29 is 9.53 Å². The molecular formula is C17H18N2O2. The number of anilines is 1. The Bertz CT molecular complexity index is 640. The van der Waals surface area contributed by atoms with E-state index in [0.717, 1.165) is 22.6 Å². The fraction of sp³-hybridized carbons (Fsp3) is 0.235. The van der Waals surface area contributed by atoms with Crippen LogP contribution in [-0.4, -0.2) is 19.0 Å². The van der Waals surface area contributed by atoms with Crippen LogP contribution in [-0.2, 0) is 17.8 Å². The molecule has 108 valence electrons. The van der Waals surface area contributed by atoms with Crippen LogP contribution in [0.3, 0.4) is 0 Å². The molecule has 0 spiro atoms. The SMILES string of the molecule is CNC(=O)C1Cc2cc(OCc3ccccc3)ccc2N1. The van der Waals surface area contributed by atoms with E-state index in [1.54, 1.807) is 7.05 Å². The van der Waals surface area contributed by atoms with Gasteiger partial charge in [-0.05, 0) is 29.3 Å². The van der Waals surface area contributed by atoms with Crippen molar-refractivity contribution in [1.29, 1.82) is 0 Å². The van der Waals surface area contributed by atoms with Crippen molar-refractivity contribution >= 4 is 11.6 Å². The van der Waals surface area contributed by atoms with Gasteiger partial charge in [-0.25, -0.2) is 0 Å². The lowest BCUT2D eigenvalue weighted by Gasteiger charge is -2.08. The Morgan fingerprint density at radius 3 is 2.86 bits per heavy atom. The van der Waals surface area contributed by atoms with Crippen LogP contribution in [0.4, 0.5) is 5.69 Å². The third-order valence-electron chi connectivity index (χ3n) is 3.64. The van der Waals surface area contributed by atoms with E-state index in [4.69, 9.17) is 4.74 Å². The number of ether oxygens (including phenoxy) is 1. The third-order valence-corrected chi connectivity index (χ3v) is 3.64. The van der Waals surface area contributed by atoms with E-state index >= 15 is 0 Å². The summed E-state index contributed by atoms with van der Waals surface area (Å²) in [5.74, 6) is 0.843.